The normalized spacial score (nSPS) is 10.7. The molecule has 148 valence electrons. The highest BCUT2D eigenvalue weighted by molar-refractivity contribution is 9.10. The minimum atomic E-state index is -0.666. The maximum Gasteiger partial charge on any atom is 0.308 e. The number of benzene rings is 2. The highest BCUT2D eigenvalue weighted by atomic mass is 79.9. The number of nitrogens with one attached hydrogen (secondary N) is 1. The van der Waals surface area contributed by atoms with Gasteiger partial charge in [-0.15, -0.1) is 0 Å². The minimum absolute atomic E-state index is 0.183. The maximum atomic E-state index is 12.5. The topological polar surface area (TPSA) is 105 Å². The summed E-state index contributed by atoms with van der Waals surface area (Å²) in [6, 6.07) is 11.5. The summed E-state index contributed by atoms with van der Waals surface area (Å²) in [5.74, 6) is -0.956. The molecule has 0 saturated carbocycles. The van der Waals surface area contributed by atoms with E-state index in [1.165, 1.54) is 33.1 Å². The van der Waals surface area contributed by atoms with Gasteiger partial charge < -0.3 is 14.8 Å². The largest absolute Gasteiger partial charge is 0.493 e. The van der Waals surface area contributed by atoms with Crippen molar-refractivity contribution in [3.63, 3.8) is 0 Å². The van der Waals surface area contributed by atoms with E-state index >= 15 is 0 Å². The van der Waals surface area contributed by atoms with Crippen LogP contribution in [0.2, 0.25) is 0 Å². The average molecular weight is 457 g/mol. The molecule has 0 saturated heterocycles. The summed E-state index contributed by atoms with van der Waals surface area (Å²) in [5, 5.41) is 12.0. The second-order valence-electron chi connectivity index (χ2n) is 5.85. The Hall–Kier alpha value is -3.44. The fourth-order valence-electron chi connectivity index (χ4n) is 2.47. The summed E-state index contributed by atoms with van der Waals surface area (Å²) >= 11 is 3.29. The number of Topliss-reactive ketones (excluding diaryl/α,β-unsaturated/α-hetero) is 1. The Morgan fingerprint density at radius 2 is 1.86 bits per heavy atom. The summed E-state index contributed by atoms with van der Waals surface area (Å²) < 4.78 is 10.7. The lowest BCUT2D eigenvalue weighted by Gasteiger charge is -2.11. The van der Waals surface area contributed by atoms with Crippen molar-refractivity contribution < 1.29 is 23.9 Å². The second kappa shape index (κ2) is 9.66. The lowest BCUT2D eigenvalue weighted by Crippen LogP contribution is -2.15. The van der Waals surface area contributed by atoms with Crippen LogP contribution in [0.1, 0.15) is 29.8 Å². The van der Waals surface area contributed by atoms with Crippen LogP contribution in [0.5, 0.6) is 11.5 Å². The van der Waals surface area contributed by atoms with Crippen molar-refractivity contribution >= 4 is 45.4 Å². The van der Waals surface area contributed by atoms with E-state index in [0.717, 1.165) is 0 Å². The molecular weight excluding hydrogens is 440 g/mol. The molecule has 0 bridgehead atoms. The molecule has 0 atom stereocenters. The summed E-state index contributed by atoms with van der Waals surface area (Å²) in [6.07, 6.45) is 1.36. The number of esters is 1. The zero-order valence-corrected chi connectivity index (χ0v) is 17.5. The van der Waals surface area contributed by atoms with Crippen molar-refractivity contribution in [3.8, 4) is 17.6 Å². The Labute approximate surface area is 176 Å². The van der Waals surface area contributed by atoms with Gasteiger partial charge in [0.1, 0.15) is 11.6 Å². The third-order valence-electron chi connectivity index (χ3n) is 3.73. The van der Waals surface area contributed by atoms with E-state index in [-0.39, 0.29) is 22.9 Å². The van der Waals surface area contributed by atoms with Gasteiger partial charge in [0.05, 0.1) is 17.3 Å². The van der Waals surface area contributed by atoms with Crippen molar-refractivity contribution in [1.82, 2.24) is 0 Å². The first-order chi connectivity index (χ1) is 13.8. The molecule has 0 aliphatic heterocycles. The average Bonchev–Trinajstić information content (AvgIpc) is 2.67. The van der Waals surface area contributed by atoms with Crippen LogP contribution in [0.15, 0.2) is 46.4 Å². The van der Waals surface area contributed by atoms with Crippen LogP contribution < -0.4 is 14.8 Å². The number of carbonyl (C=O) groups is 3. The fraction of sp³-hybridized carbons (Fsp3) is 0.143. The molecule has 0 fully saturated rings. The van der Waals surface area contributed by atoms with Gasteiger partial charge in [-0.2, -0.15) is 5.26 Å². The number of para-hydroxylation sites is 1. The molecular formula is C21H17BrN2O5. The SMILES string of the molecule is COc1cc(/C=C(/C#N)C(=O)Nc2ccccc2C(C)=O)cc(Br)c1OC(C)=O. The Morgan fingerprint density at radius 1 is 1.17 bits per heavy atom. The molecule has 0 aliphatic carbocycles. The van der Waals surface area contributed by atoms with Gasteiger partial charge in [0, 0.05) is 12.5 Å². The quantitative estimate of drug-likeness (QED) is 0.230. The van der Waals surface area contributed by atoms with Gasteiger partial charge in [-0.25, -0.2) is 0 Å². The van der Waals surface area contributed by atoms with Gasteiger partial charge in [0.2, 0.25) is 0 Å². The number of carbonyl (C=O) groups excluding carboxylic acids is 3. The molecule has 8 heteroatoms. The number of hydrogen-bond acceptors (Lipinski definition) is 6. The third kappa shape index (κ3) is 5.53. The van der Waals surface area contributed by atoms with Crippen LogP contribution in [0, 0.1) is 11.3 Å². The number of ketones is 1. The number of ether oxygens (including phenoxy) is 2. The highest BCUT2D eigenvalue weighted by Crippen LogP contribution is 2.37. The molecule has 0 aliphatic rings. The molecule has 0 heterocycles. The molecule has 7 nitrogen and oxygen atoms in total. The molecule has 2 rings (SSSR count). The standard InChI is InChI=1S/C21H17BrN2O5/c1-12(25)16-6-4-5-7-18(16)24-21(27)15(11-23)8-14-9-17(22)20(29-13(2)26)19(10-14)28-3/h4-10H,1-3H3,(H,24,27)/b15-8-. The highest BCUT2D eigenvalue weighted by Gasteiger charge is 2.16. The van der Waals surface area contributed by atoms with Gasteiger partial charge in [-0.05, 0) is 58.8 Å². The Balaban J connectivity index is 2.38. The van der Waals surface area contributed by atoms with E-state index in [1.54, 1.807) is 30.3 Å². The number of nitriles is 1. The first-order valence-electron chi connectivity index (χ1n) is 8.35. The number of methoxy groups -OCH3 is 1. The number of anilines is 1. The minimum Gasteiger partial charge on any atom is -0.493 e. The number of nitrogens with zero attached hydrogens (tertiary/aromatic N) is 1. The van der Waals surface area contributed by atoms with Crippen molar-refractivity contribution in [2.75, 3.05) is 12.4 Å². The predicted octanol–water partition coefficient (Wildman–Crippen LogP) is 4.13. The zero-order valence-electron chi connectivity index (χ0n) is 15.9. The first kappa shape index (κ1) is 21.9. The van der Waals surface area contributed by atoms with E-state index in [9.17, 15) is 19.6 Å². The summed E-state index contributed by atoms with van der Waals surface area (Å²) in [5.41, 5.74) is 0.942. The van der Waals surface area contributed by atoms with Gasteiger partial charge in [-0.1, -0.05) is 12.1 Å². The van der Waals surface area contributed by atoms with E-state index in [4.69, 9.17) is 9.47 Å². The number of hydrogen-bond donors (Lipinski definition) is 1. The maximum absolute atomic E-state index is 12.5. The molecule has 29 heavy (non-hydrogen) atoms. The van der Waals surface area contributed by atoms with Crippen LogP contribution in [0.25, 0.3) is 6.08 Å². The van der Waals surface area contributed by atoms with E-state index in [2.05, 4.69) is 21.2 Å². The summed E-state index contributed by atoms with van der Waals surface area (Å²) in [7, 11) is 1.40. The van der Waals surface area contributed by atoms with Crippen molar-refractivity contribution in [1.29, 1.82) is 5.26 Å². The summed E-state index contributed by atoms with van der Waals surface area (Å²) in [6.45, 7) is 2.65. The Bertz CT molecular complexity index is 1050. The number of halogens is 1. The van der Waals surface area contributed by atoms with Gasteiger partial charge in [0.25, 0.3) is 5.91 Å². The van der Waals surface area contributed by atoms with E-state index in [1.807, 2.05) is 6.07 Å². The molecule has 0 aromatic heterocycles. The third-order valence-corrected chi connectivity index (χ3v) is 4.32. The monoisotopic (exact) mass is 456 g/mol. The van der Waals surface area contributed by atoms with Crippen molar-refractivity contribution in [3.05, 3.63) is 57.6 Å². The molecule has 1 N–H and O–H groups in total. The van der Waals surface area contributed by atoms with Crippen LogP contribution in [-0.4, -0.2) is 24.8 Å². The first-order valence-corrected chi connectivity index (χ1v) is 9.15. The van der Waals surface area contributed by atoms with Crippen LogP contribution in [0.4, 0.5) is 5.69 Å². The van der Waals surface area contributed by atoms with Crippen LogP contribution >= 0.6 is 15.9 Å². The van der Waals surface area contributed by atoms with Gasteiger partial charge in [-0.3, -0.25) is 14.4 Å². The fourth-order valence-corrected chi connectivity index (χ4v) is 3.01. The predicted molar refractivity (Wildman–Crippen MR) is 111 cm³/mol. The number of amides is 1. The second-order valence-corrected chi connectivity index (χ2v) is 6.71. The van der Waals surface area contributed by atoms with Crippen molar-refractivity contribution in [2.24, 2.45) is 0 Å². The molecule has 2 aromatic carbocycles. The number of rotatable bonds is 6. The Kier molecular flexibility index (Phi) is 7.28. The smallest absolute Gasteiger partial charge is 0.308 e. The molecule has 0 unspecified atom stereocenters. The van der Waals surface area contributed by atoms with Crippen molar-refractivity contribution in [2.45, 2.75) is 13.8 Å². The molecule has 0 spiro atoms. The van der Waals surface area contributed by atoms with Crippen LogP contribution in [0.3, 0.4) is 0 Å². The zero-order chi connectivity index (χ0) is 21.6. The van der Waals surface area contributed by atoms with Gasteiger partial charge >= 0.3 is 5.97 Å². The van der Waals surface area contributed by atoms with Gasteiger partial charge in [0.15, 0.2) is 17.3 Å². The summed E-state index contributed by atoms with van der Waals surface area (Å²) in [4.78, 5) is 35.5. The van der Waals surface area contributed by atoms with E-state index < -0.39 is 11.9 Å². The van der Waals surface area contributed by atoms with Crippen LogP contribution in [-0.2, 0) is 9.59 Å². The molecule has 1 amide bonds. The lowest BCUT2D eigenvalue weighted by atomic mass is 10.1. The lowest BCUT2D eigenvalue weighted by molar-refractivity contribution is -0.132. The molecule has 0 radical (unpaired) electrons. The van der Waals surface area contributed by atoms with E-state index in [0.29, 0.717) is 21.3 Å². The Morgan fingerprint density at radius 3 is 2.45 bits per heavy atom. The molecule has 2 aromatic rings.